The second kappa shape index (κ2) is 6.59. The van der Waals surface area contributed by atoms with Crippen molar-refractivity contribution in [2.24, 2.45) is 5.41 Å². The summed E-state index contributed by atoms with van der Waals surface area (Å²) in [5.41, 5.74) is 0.237. The monoisotopic (exact) mass is 293 g/mol. The minimum atomic E-state index is 0.197. The number of hydrogen-bond acceptors (Lipinski definition) is 4. The normalized spacial score (nSPS) is 22.9. The Labute approximate surface area is 125 Å². The number of hydrogen-bond donors (Lipinski definition) is 0. The number of carbonyl (C=O) groups is 1. The maximum Gasteiger partial charge on any atom is 0.232 e. The molecule has 1 aliphatic rings. The number of nitrogens with zero attached hydrogens (tertiary/aromatic N) is 3. The molecule has 1 aromatic rings. The third kappa shape index (κ3) is 4.21. The van der Waals surface area contributed by atoms with E-state index in [0.29, 0.717) is 5.75 Å². The van der Waals surface area contributed by atoms with Gasteiger partial charge in [0.25, 0.3) is 0 Å². The zero-order valence-electron chi connectivity index (χ0n) is 12.5. The van der Waals surface area contributed by atoms with E-state index in [4.69, 9.17) is 0 Å². The Hall–Kier alpha value is -1.07. The van der Waals surface area contributed by atoms with Crippen LogP contribution in [0.2, 0.25) is 0 Å². The Morgan fingerprint density at radius 3 is 2.80 bits per heavy atom. The second-order valence-electron chi connectivity index (χ2n) is 6.02. The second-order valence-corrected chi connectivity index (χ2v) is 7.07. The van der Waals surface area contributed by atoms with E-state index < -0.39 is 0 Å². The molecule has 1 saturated heterocycles. The minimum absolute atomic E-state index is 0.197. The van der Waals surface area contributed by atoms with Crippen LogP contribution in [0.25, 0.3) is 0 Å². The van der Waals surface area contributed by atoms with Gasteiger partial charge in [-0.25, -0.2) is 0 Å². The van der Waals surface area contributed by atoms with Crippen molar-refractivity contribution >= 4 is 17.7 Å². The Morgan fingerprint density at radius 2 is 2.20 bits per heavy atom. The first kappa shape index (κ1) is 15.3. The highest BCUT2D eigenvalue weighted by molar-refractivity contribution is 8.00. The molecule has 0 radical (unpaired) electrons. The van der Waals surface area contributed by atoms with E-state index in [1.807, 2.05) is 24.1 Å². The number of thioether (sulfide) groups is 1. The fourth-order valence-electron chi connectivity index (χ4n) is 2.75. The predicted octanol–water partition coefficient (Wildman–Crippen LogP) is 1.97. The van der Waals surface area contributed by atoms with Crippen LogP contribution in [-0.4, -0.2) is 60.2 Å². The molecule has 1 atom stereocenters. The number of carbonyl (C=O) groups excluding carboxylic acids is 1. The van der Waals surface area contributed by atoms with Crippen molar-refractivity contribution in [3.05, 3.63) is 24.5 Å². The Morgan fingerprint density at radius 1 is 1.50 bits per heavy atom. The number of rotatable bonds is 5. The molecule has 1 aliphatic heterocycles. The van der Waals surface area contributed by atoms with Gasteiger partial charge in [0.1, 0.15) is 0 Å². The highest BCUT2D eigenvalue weighted by atomic mass is 32.2. The van der Waals surface area contributed by atoms with Crippen molar-refractivity contribution in [3.8, 4) is 0 Å². The SMILES string of the molecule is CN1CCC(C)(CN(C)C(=O)CSc2ccncc2)C1. The molecule has 2 rings (SSSR count). The fourth-order valence-corrected chi connectivity index (χ4v) is 3.57. The topological polar surface area (TPSA) is 36.4 Å². The van der Waals surface area contributed by atoms with Gasteiger partial charge in [0, 0.05) is 37.4 Å². The van der Waals surface area contributed by atoms with Crippen LogP contribution in [0.15, 0.2) is 29.4 Å². The Bertz CT molecular complexity index is 454. The summed E-state index contributed by atoms with van der Waals surface area (Å²) in [6.45, 7) is 5.32. The van der Waals surface area contributed by atoms with E-state index in [9.17, 15) is 4.79 Å². The van der Waals surface area contributed by atoms with Gasteiger partial charge in [-0.05, 0) is 37.6 Å². The van der Waals surface area contributed by atoms with E-state index in [2.05, 4.69) is 23.9 Å². The summed E-state index contributed by atoms with van der Waals surface area (Å²) in [5, 5.41) is 0. The first-order chi connectivity index (χ1) is 9.48. The average molecular weight is 293 g/mol. The third-order valence-corrected chi connectivity index (χ3v) is 4.80. The molecule has 1 unspecified atom stereocenters. The van der Waals surface area contributed by atoms with Gasteiger partial charge >= 0.3 is 0 Å². The number of pyridine rings is 1. The van der Waals surface area contributed by atoms with Gasteiger partial charge in [-0.2, -0.15) is 0 Å². The lowest BCUT2D eigenvalue weighted by Gasteiger charge is -2.29. The average Bonchev–Trinajstić information content (AvgIpc) is 2.76. The predicted molar refractivity (Wildman–Crippen MR) is 82.8 cm³/mol. The van der Waals surface area contributed by atoms with E-state index >= 15 is 0 Å². The van der Waals surface area contributed by atoms with Crippen molar-refractivity contribution in [3.63, 3.8) is 0 Å². The summed E-state index contributed by atoms with van der Waals surface area (Å²) in [5.74, 6) is 0.689. The molecule has 110 valence electrons. The lowest BCUT2D eigenvalue weighted by molar-refractivity contribution is -0.128. The van der Waals surface area contributed by atoms with Crippen molar-refractivity contribution in [1.29, 1.82) is 0 Å². The standard InChI is InChI=1S/C15H23N3OS/c1-15(6-9-17(2)11-15)12-18(3)14(19)10-20-13-4-7-16-8-5-13/h4-5,7-8H,6,9-12H2,1-3H3. The first-order valence-electron chi connectivity index (χ1n) is 6.94. The molecule has 2 heterocycles. The number of likely N-dealkylation sites (tertiary alicyclic amines) is 1. The van der Waals surface area contributed by atoms with E-state index in [1.54, 1.807) is 24.2 Å². The molecular formula is C15H23N3OS. The molecule has 0 aliphatic carbocycles. The maximum absolute atomic E-state index is 12.2. The van der Waals surface area contributed by atoms with Crippen molar-refractivity contribution in [2.75, 3.05) is 39.5 Å². The zero-order chi connectivity index (χ0) is 14.6. The minimum Gasteiger partial charge on any atom is -0.344 e. The lowest BCUT2D eigenvalue weighted by Crippen LogP contribution is -2.39. The molecular weight excluding hydrogens is 270 g/mol. The molecule has 5 heteroatoms. The summed E-state index contributed by atoms with van der Waals surface area (Å²) in [7, 11) is 4.06. The molecule has 20 heavy (non-hydrogen) atoms. The third-order valence-electron chi connectivity index (χ3n) is 3.81. The van der Waals surface area contributed by atoms with Gasteiger partial charge in [-0.15, -0.1) is 11.8 Å². The van der Waals surface area contributed by atoms with Crippen LogP contribution in [0.4, 0.5) is 0 Å². The number of amides is 1. The molecule has 1 fully saturated rings. The molecule has 0 N–H and O–H groups in total. The van der Waals surface area contributed by atoms with Crippen LogP contribution in [0.3, 0.4) is 0 Å². The van der Waals surface area contributed by atoms with Crippen LogP contribution >= 0.6 is 11.8 Å². The Kier molecular flexibility index (Phi) is 5.05. The first-order valence-corrected chi connectivity index (χ1v) is 7.92. The molecule has 4 nitrogen and oxygen atoms in total. The molecule has 0 bridgehead atoms. The molecule has 0 spiro atoms. The highest BCUT2D eigenvalue weighted by Gasteiger charge is 2.33. The van der Waals surface area contributed by atoms with E-state index in [1.165, 1.54) is 6.42 Å². The van der Waals surface area contributed by atoms with Crippen LogP contribution in [0, 0.1) is 5.41 Å². The van der Waals surface area contributed by atoms with Crippen LogP contribution in [0.1, 0.15) is 13.3 Å². The van der Waals surface area contributed by atoms with E-state index in [0.717, 1.165) is 24.5 Å². The van der Waals surface area contributed by atoms with Gasteiger partial charge in [0.15, 0.2) is 0 Å². The molecule has 0 aromatic carbocycles. The smallest absolute Gasteiger partial charge is 0.232 e. The summed E-state index contributed by atoms with van der Waals surface area (Å²) in [6, 6.07) is 3.87. The molecule has 0 saturated carbocycles. The van der Waals surface area contributed by atoms with E-state index in [-0.39, 0.29) is 11.3 Å². The van der Waals surface area contributed by atoms with Crippen LogP contribution in [-0.2, 0) is 4.79 Å². The quantitative estimate of drug-likeness (QED) is 0.778. The fraction of sp³-hybridized carbons (Fsp3) is 0.600. The van der Waals surface area contributed by atoms with Gasteiger partial charge in [-0.1, -0.05) is 6.92 Å². The zero-order valence-corrected chi connectivity index (χ0v) is 13.3. The summed E-state index contributed by atoms with van der Waals surface area (Å²) in [4.78, 5) is 21.5. The Balaban J connectivity index is 1.80. The lowest BCUT2D eigenvalue weighted by atomic mass is 9.89. The van der Waals surface area contributed by atoms with Crippen molar-refractivity contribution in [2.45, 2.75) is 18.2 Å². The van der Waals surface area contributed by atoms with Crippen molar-refractivity contribution < 1.29 is 4.79 Å². The van der Waals surface area contributed by atoms with Gasteiger partial charge in [-0.3, -0.25) is 9.78 Å². The molecule has 1 aromatic heterocycles. The van der Waals surface area contributed by atoms with Gasteiger partial charge in [0.2, 0.25) is 5.91 Å². The summed E-state index contributed by atoms with van der Waals surface area (Å²) >= 11 is 1.57. The van der Waals surface area contributed by atoms with Crippen LogP contribution in [0.5, 0.6) is 0 Å². The van der Waals surface area contributed by atoms with Gasteiger partial charge < -0.3 is 9.80 Å². The number of aromatic nitrogens is 1. The largest absolute Gasteiger partial charge is 0.344 e. The molecule has 1 amide bonds. The summed E-state index contributed by atoms with van der Waals surface area (Å²) < 4.78 is 0. The summed E-state index contributed by atoms with van der Waals surface area (Å²) in [6.07, 6.45) is 4.68. The highest BCUT2D eigenvalue weighted by Crippen LogP contribution is 2.29. The van der Waals surface area contributed by atoms with Crippen molar-refractivity contribution in [1.82, 2.24) is 14.8 Å². The maximum atomic E-state index is 12.2. The van der Waals surface area contributed by atoms with Gasteiger partial charge in [0.05, 0.1) is 5.75 Å². The van der Waals surface area contributed by atoms with Crippen LogP contribution < -0.4 is 0 Å².